The number of methoxy groups -OCH3 is 2. The molecule has 0 aromatic heterocycles. The molecule has 0 radical (unpaired) electrons. The summed E-state index contributed by atoms with van der Waals surface area (Å²) < 4.78 is 11.1. The van der Waals surface area contributed by atoms with Gasteiger partial charge in [-0.3, -0.25) is 0 Å². The van der Waals surface area contributed by atoms with E-state index in [9.17, 15) is 0 Å². The summed E-state index contributed by atoms with van der Waals surface area (Å²) >= 11 is 0. The molecule has 2 atom stereocenters. The molecule has 0 N–H and O–H groups in total. The molecule has 0 aliphatic rings. The minimum Gasteiger partial charge on any atom is -0.381 e. The number of hydrogen-bond donors (Lipinski definition) is 0. The van der Waals surface area contributed by atoms with Crippen molar-refractivity contribution in [1.29, 1.82) is 0 Å². The Morgan fingerprint density at radius 1 is 0.733 bits per heavy atom. The first kappa shape index (κ1) is 14.9. The van der Waals surface area contributed by atoms with Gasteiger partial charge >= 0.3 is 0 Å². The molecule has 0 saturated carbocycles. The van der Waals surface area contributed by atoms with Crippen LogP contribution in [0.2, 0.25) is 0 Å². The average molecular weight is 216 g/mol. The van der Waals surface area contributed by atoms with Gasteiger partial charge in [0.2, 0.25) is 0 Å². The van der Waals surface area contributed by atoms with Crippen molar-refractivity contribution in [1.82, 2.24) is 0 Å². The van der Waals surface area contributed by atoms with E-state index in [1.807, 2.05) is 0 Å². The molecule has 0 aliphatic carbocycles. The molecule has 0 rings (SSSR count). The van der Waals surface area contributed by atoms with Crippen LogP contribution < -0.4 is 0 Å². The Hall–Kier alpha value is -0.0800. The maximum atomic E-state index is 5.56. The largest absolute Gasteiger partial charge is 0.381 e. The summed E-state index contributed by atoms with van der Waals surface area (Å²) in [7, 11) is 3.57. The van der Waals surface area contributed by atoms with Crippen LogP contribution >= 0.6 is 0 Å². The van der Waals surface area contributed by atoms with Gasteiger partial charge in [-0.15, -0.1) is 0 Å². The zero-order valence-electron chi connectivity index (χ0n) is 11.7. The Bertz CT molecular complexity index is 154. The Morgan fingerprint density at radius 2 is 1.00 bits per heavy atom. The fourth-order valence-corrected chi connectivity index (χ4v) is 1.80. The third-order valence-corrected chi connectivity index (χ3v) is 2.93. The van der Waals surface area contributed by atoms with E-state index in [0.29, 0.717) is 0 Å². The molecule has 0 spiro atoms. The molecule has 0 aromatic rings. The summed E-state index contributed by atoms with van der Waals surface area (Å²) in [4.78, 5) is 0. The van der Waals surface area contributed by atoms with Crippen LogP contribution in [-0.4, -0.2) is 26.4 Å². The molecule has 0 bridgehead atoms. The van der Waals surface area contributed by atoms with Crippen molar-refractivity contribution >= 4 is 0 Å². The second kappa shape index (κ2) is 5.31. The highest BCUT2D eigenvalue weighted by molar-refractivity contribution is 4.83. The molecule has 2 heteroatoms. The molecule has 2 unspecified atom stereocenters. The van der Waals surface area contributed by atoms with E-state index in [-0.39, 0.29) is 23.0 Å². The summed E-state index contributed by atoms with van der Waals surface area (Å²) in [5.74, 6) is 0. The fraction of sp³-hybridized carbons (Fsp3) is 1.00. The molecule has 15 heavy (non-hydrogen) atoms. The fourth-order valence-electron chi connectivity index (χ4n) is 1.80. The summed E-state index contributed by atoms with van der Waals surface area (Å²) in [6.45, 7) is 13.2. The van der Waals surface area contributed by atoms with Crippen molar-refractivity contribution < 1.29 is 9.47 Å². The molecule has 0 aromatic carbocycles. The van der Waals surface area contributed by atoms with E-state index in [1.54, 1.807) is 14.2 Å². The van der Waals surface area contributed by atoms with Gasteiger partial charge in [0, 0.05) is 20.6 Å². The summed E-state index contributed by atoms with van der Waals surface area (Å²) in [6, 6.07) is 0. The molecule has 0 amide bonds. The lowest BCUT2D eigenvalue weighted by molar-refractivity contribution is -0.0620. The number of ether oxygens (including phenoxy) is 2. The van der Waals surface area contributed by atoms with Gasteiger partial charge in [-0.2, -0.15) is 0 Å². The molecular weight excluding hydrogens is 188 g/mol. The number of hydrogen-bond acceptors (Lipinski definition) is 2. The Morgan fingerprint density at radius 3 is 1.13 bits per heavy atom. The maximum absolute atomic E-state index is 5.56. The van der Waals surface area contributed by atoms with Gasteiger partial charge in [-0.25, -0.2) is 0 Å². The monoisotopic (exact) mass is 216 g/mol. The lowest BCUT2D eigenvalue weighted by atomic mass is 9.79. The van der Waals surface area contributed by atoms with Crippen molar-refractivity contribution in [2.75, 3.05) is 14.2 Å². The topological polar surface area (TPSA) is 18.5 Å². The van der Waals surface area contributed by atoms with Crippen LogP contribution in [0.15, 0.2) is 0 Å². The molecule has 0 heterocycles. The van der Waals surface area contributed by atoms with Gasteiger partial charge in [-0.05, 0) is 10.8 Å². The van der Waals surface area contributed by atoms with Crippen molar-refractivity contribution in [3.8, 4) is 0 Å². The molecule has 0 fully saturated rings. The highest BCUT2D eigenvalue weighted by Gasteiger charge is 2.32. The standard InChI is InChI=1S/C13H28O2/c1-12(2,3)10(14-7)9-11(15-8)13(4,5)6/h10-11H,9H2,1-8H3. The lowest BCUT2D eigenvalue weighted by Crippen LogP contribution is -2.38. The summed E-state index contributed by atoms with van der Waals surface area (Å²) in [6.07, 6.45) is 1.42. The van der Waals surface area contributed by atoms with Crippen LogP contribution in [0.4, 0.5) is 0 Å². The van der Waals surface area contributed by atoms with E-state index in [2.05, 4.69) is 41.5 Å². The van der Waals surface area contributed by atoms with E-state index in [4.69, 9.17) is 9.47 Å². The van der Waals surface area contributed by atoms with Gasteiger partial charge in [0.25, 0.3) is 0 Å². The van der Waals surface area contributed by atoms with Gasteiger partial charge in [-0.1, -0.05) is 41.5 Å². The van der Waals surface area contributed by atoms with Crippen molar-refractivity contribution in [2.45, 2.75) is 60.2 Å². The highest BCUT2D eigenvalue weighted by atomic mass is 16.5. The first-order valence-electron chi connectivity index (χ1n) is 5.68. The third-order valence-electron chi connectivity index (χ3n) is 2.93. The van der Waals surface area contributed by atoms with Crippen LogP contribution in [0, 0.1) is 10.8 Å². The smallest absolute Gasteiger partial charge is 0.0644 e. The van der Waals surface area contributed by atoms with Crippen molar-refractivity contribution in [3.63, 3.8) is 0 Å². The normalized spacial score (nSPS) is 17.6. The zero-order valence-corrected chi connectivity index (χ0v) is 11.7. The SMILES string of the molecule is COC(CC(OC)C(C)(C)C)C(C)(C)C. The van der Waals surface area contributed by atoms with E-state index in [1.165, 1.54) is 0 Å². The lowest BCUT2D eigenvalue weighted by Gasteiger charge is -2.36. The molecule has 92 valence electrons. The Kier molecular flexibility index (Phi) is 5.28. The van der Waals surface area contributed by atoms with E-state index in [0.717, 1.165) is 6.42 Å². The molecular formula is C13H28O2. The van der Waals surface area contributed by atoms with Crippen LogP contribution in [0.25, 0.3) is 0 Å². The first-order chi connectivity index (χ1) is 6.62. The first-order valence-corrected chi connectivity index (χ1v) is 5.68. The van der Waals surface area contributed by atoms with Gasteiger partial charge in [0.05, 0.1) is 12.2 Å². The van der Waals surface area contributed by atoms with Gasteiger partial charge in [0.1, 0.15) is 0 Å². The average Bonchev–Trinajstić information content (AvgIpc) is 2.01. The van der Waals surface area contributed by atoms with Crippen LogP contribution in [0.1, 0.15) is 48.0 Å². The quantitative estimate of drug-likeness (QED) is 0.716. The minimum absolute atomic E-state index is 0.163. The summed E-state index contributed by atoms with van der Waals surface area (Å²) in [5.41, 5.74) is 0.327. The minimum atomic E-state index is 0.163. The third kappa shape index (κ3) is 4.98. The second-order valence-electron chi connectivity index (χ2n) is 6.42. The zero-order chi connectivity index (χ0) is 12.3. The predicted octanol–water partition coefficient (Wildman–Crippen LogP) is 3.50. The van der Waals surface area contributed by atoms with Gasteiger partial charge < -0.3 is 9.47 Å². The Balaban J connectivity index is 4.52. The molecule has 2 nitrogen and oxygen atoms in total. The van der Waals surface area contributed by atoms with Crippen LogP contribution in [0.5, 0.6) is 0 Å². The molecule has 0 saturated heterocycles. The molecule has 0 aliphatic heterocycles. The van der Waals surface area contributed by atoms with E-state index < -0.39 is 0 Å². The highest BCUT2D eigenvalue weighted by Crippen LogP contribution is 2.32. The second-order valence-corrected chi connectivity index (χ2v) is 6.42. The van der Waals surface area contributed by atoms with Gasteiger partial charge in [0.15, 0.2) is 0 Å². The maximum Gasteiger partial charge on any atom is 0.0644 e. The van der Waals surface area contributed by atoms with Crippen molar-refractivity contribution in [2.24, 2.45) is 10.8 Å². The van der Waals surface area contributed by atoms with Crippen molar-refractivity contribution in [3.05, 3.63) is 0 Å². The summed E-state index contributed by atoms with van der Waals surface area (Å²) in [5, 5.41) is 0. The Labute approximate surface area is 95.3 Å². The number of rotatable bonds is 4. The predicted molar refractivity (Wildman–Crippen MR) is 65.1 cm³/mol. The van der Waals surface area contributed by atoms with E-state index >= 15 is 0 Å². The van der Waals surface area contributed by atoms with Crippen LogP contribution in [0.3, 0.4) is 0 Å². The van der Waals surface area contributed by atoms with Crippen LogP contribution in [-0.2, 0) is 9.47 Å².